The molecular formula is C19H22N4O. The van der Waals surface area contributed by atoms with Gasteiger partial charge in [0.05, 0.1) is 17.1 Å². The second-order valence-electron chi connectivity index (χ2n) is 6.98. The monoisotopic (exact) mass is 322 g/mol. The first-order chi connectivity index (χ1) is 11.4. The molecule has 24 heavy (non-hydrogen) atoms. The first-order valence-corrected chi connectivity index (χ1v) is 7.95. The molecule has 0 saturated heterocycles. The minimum absolute atomic E-state index is 0.177. The Morgan fingerprint density at radius 1 is 1.12 bits per heavy atom. The van der Waals surface area contributed by atoms with Crippen molar-refractivity contribution in [2.24, 2.45) is 11.1 Å². The lowest BCUT2D eigenvalue weighted by molar-refractivity contribution is -0.119. The fraction of sp³-hybridized carbons (Fsp3) is 0.263. The Morgan fingerprint density at radius 2 is 1.79 bits per heavy atom. The molecule has 0 aliphatic heterocycles. The Labute approximate surface area is 141 Å². The highest BCUT2D eigenvalue weighted by molar-refractivity contribution is 5.95. The molecule has 0 aliphatic carbocycles. The smallest absolute Gasteiger partial charge is 0.241 e. The van der Waals surface area contributed by atoms with Crippen LogP contribution in [0.4, 0.5) is 5.69 Å². The summed E-state index contributed by atoms with van der Waals surface area (Å²) in [6.07, 6.45) is 1.80. The van der Waals surface area contributed by atoms with Gasteiger partial charge in [-0.15, -0.1) is 0 Å². The van der Waals surface area contributed by atoms with E-state index in [0.717, 1.165) is 22.4 Å². The minimum Gasteiger partial charge on any atom is -0.325 e. The fourth-order valence-corrected chi connectivity index (χ4v) is 2.48. The number of amides is 1. The first-order valence-electron chi connectivity index (χ1n) is 7.95. The lowest BCUT2D eigenvalue weighted by Crippen LogP contribution is -2.45. The highest BCUT2D eigenvalue weighted by atomic mass is 16.2. The number of rotatable bonds is 3. The Morgan fingerprint density at radius 3 is 2.46 bits per heavy atom. The van der Waals surface area contributed by atoms with Crippen LogP contribution < -0.4 is 11.1 Å². The number of carbonyl (C=O) groups is 1. The maximum atomic E-state index is 12.2. The van der Waals surface area contributed by atoms with Gasteiger partial charge < -0.3 is 11.1 Å². The zero-order valence-corrected chi connectivity index (χ0v) is 14.2. The molecule has 5 nitrogen and oxygen atoms in total. The molecule has 0 aliphatic rings. The van der Waals surface area contributed by atoms with Crippen LogP contribution >= 0.6 is 0 Å². The van der Waals surface area contributed by atoms with E-state index in [4.69, 9.17) is 5.73 Å². The lowest BCUT2D eigenvalue weighted by Gasteiger charge is -2.25. The SMILES string of the molecule is CC(C)(C)[C@H](N)C(=O)Nc1ccc(-n2cnc3ccccc32)cc1. The van der Waals surface area contributed by atoms with E-state index in [0.29, 0.717) is 0 Å². The molecule has 1 atom stereocenters. The summed E-state index contributed by atoms with van der Waals surface area (Å²) >= 11 is 0. The molecule has 3 N–H and O–H groups in total. The highest BCUT2D eigenvalue weighted by Gasteiger charge is 2.27. The van der Waals surface area contributed by atoms with E-state index in [1.54, 1.807) is 6.33 Å². The summed E-state index contributed by atoms with van der Waals surface area (Å²) in [6.45, 7) is 5.85. The molecule has 0 fully saturated rings. The van der Waals surface area contributed by atoms with Crippen molar-refractivity contribution in [3.8, 4) is 5.69 Å². The quantitative estimate of drug-likeness (QED) is 0.777. The maximum Gasteiger partial charge on any atom is 0.241 e. The molecule has 1 amide bonds. The maximum absolute atomic E-state index is 12.2. The van der Waals surface area contributed by atoms with Gasteiger partial charge in [-0.2, -0.15) is 0 Å². The van der Waals surface area contributed by atoms with Gasteiger partial charge >= 0.3 is 0 Å². The predicted molar refractivity (Wildman–Crippen MR) is 97.1 cm³/mol. The number of carbonyl (C=O) groups excluding carboxylic acids is 1. The van der Waals surface area contributed by atoms with E-state index in [9.17, 15) is 4.79 Å². The molecule has 1 aromatic heterocycles. The zero-order valence-electron chi connectivity index (χ0n) is 14.2. The van der Waals surface area contributed by atoms with Gasteiger partial charge in [0.2, 0.25) is 5.91 Å². The number of nitrogens with zero attached hydrogens (tertiary/aromatic N) is 2. The summed E-state index contributed by atoms with van der Waals surface area (Å²) < 4.78 is 2.02. The average Bonchev–Trinajstić information content (AvgIpc) is 2.98. The summed E-state index contributed by atoms with van der Waals surface area (Å²) in [4.78, 5) is 16.6. The second-order valence-corrected chi connectivity index (χ2v) is 6.98. The molecule has 3 aromatic rings. The number of benzene rings is 2. The van der Waals surface area contributed by atoms with E-state index in [2.05, 4.69) is 10.3 Å². The molecule has 2 aromatic carbocycles. The van der Waals surface area contributed by atoms with Gasteiger partial charge in [0.1, 0.15) is 6.33 Å². The van der Waals surface area contributed by atoms with Crippen molar-refractivity contribution in [1.82, 2.24) is 9.55 Å². The summed E-state index contributed by atoms with van der Waals surface area (Å²) in [7, 11) is 0. The van der Waals surface area contributed by atoms with Gasteiger partial charge in [-0.3, -0.25) is 9.36 Å². The number of nitrogens with two attached hydrogens (primary N) is 1. The van der Waals surface area contributed by atoms with Crippen molar-refractivity contribution >= 4 is 22.6 Å². The van der Waals surface area contributed by atoms with E-state index >= 15 is 0 Å². The van der Waals surface area contributed by atoms with Crippen LogP contribution in [0.2, 0.25) is 0 Å². The standard InChI is InChI=1S/C19H22N4O/c1-19(2,3)17(20)18(24)22-13-8-10-14(11-9-13)23-12-21-15-6-4-5-7-16(15)23/h4-12,17H,20H2,1-3H3,(H,22,24)/t17-/m1/s1. The summed E-state index contributed by atoms with van der Waals surface area (Å²) in [5, 5.41) is 2.87. The van der Waals surface area contributed by atoms with Crippen LogP contribution in [-0.2, 0) is 4.79 Å². The van der Waals surface area contributed by atoms with Gasteiger partial charge in [-0.05, 0) is 41.8 Å². The van der Waals surface area contributed by atoms with Crippen LogP contribution in [0, 0.1) is 5.41 Å². The third-order valence-corrected chi connectivity index (χ3v) is 4.08. The molecule has 0 bridgehead atoms. The molecular weight excluding hydrogens is 300 g/mol. The van der Waals surface area contributed by atoms with Crippen molar-refractivity contribution in [2.75, 3.05) is 5.32 Å². The van der Waals surface area contributed by atoms with Crippen LogP contribution in [0.5, 0.6) is 0 Å². The van der Waals surface area contributed by atoms with Gasteiger partial charge in [0, 0.05) is 11.4 Å². The van der Waals surface area contributed by atoms with Crippen LogP contribution in [0.15, 0.2) is 54.9 Å². The van der Waals surface area contributed by atoms with Crippen molar-refractivity contribution in [1.29, 1.82) is 0 Å². The van der Waals surface area contributed by atoms with Crippen LogP contribution in [0.3, 0.4) is 0 Å². The van der Waals surface area contributed by atoms with Crippen LogP contribution in [0.25, 0.3) is 16.7 Å². The molecule has 3 rings (SSSR count). The number of hydrogen-bond acceptors (Lipinski definition) is 3. The molecule has 124 valence electrons. The van der Waals surface area contributed by atoms with E-state index in [1.807, 2.05) is 73.9 Å². The third-order valence-electron chi connectivity index (χ3n) is 4.08. The number of aromatic nitrogens is 2. The van der Waals surface area contributed by atoms with Gasteiger partial charge in [0.25, 0.3) is 0 Å². The Kier molecular flexibility index (Phi) is 4.11. The second kappa shape index (κ2) is 6.09. The number of hydrogen-bond donors (Lipinski definition) is 2. The van der Waals surface area contributed by atoms with E-state index in [-0.39, 0.29) is 11.3 Å². The Hall–Kier alpha value is -2.66. The molecule has 1 heterocycles. The number of anilines is 1. The van der Waals surface area contributed by atoms with Gasteiger partial charge in [-0.1, -0.05) is 32.9 Å². The summed E-state index contributed by atoms with van der Waals surface area (Å²) in [6, 6.07) is 15.1. The topological polar surface area (TPSA) is 72.9 Å². The minimum atomic E-state index is -0.560. The highest BCUT2D eigenvalue weighted by Crippen LogP contribution is 2.21. The molecule has 5 heteroatoms. The average molecular weight is 322 g/mol. The van der Waals surface area contributed by atoms with Gasteiger partial charge in [0.15, 0.2) is 0 Å². The van der Waals surface area contributed by atoms with Crippen molar-refractivity contribution in [2.45, 2.75) is 26.8 Å². The molecule has 0 radical (unpaired) electrons. The van der Waals surface area contributed by atoms with E-state index < -0.39 is 6.04 Å². The first kappa shape index (κ1) is 16.2. The van der Waals surface area contributed by atoms with Crippen molar-refractivity contribution in [3.63, 3.8) is 0 Å². The Bertz CT molecular complexity index is 859. The van der Waals surface area contributed by atoms with Crippen LogP contribution in [0.1, 0.15) is 20.8 Å². The summed E-state index contributed by atoms with van der Waals surface area (Å²) in [5.41, 5.74) is 9.42. The van der Waals surface area contributed by atoms with Crippen molar-refractivity contribution in [3.05, 3.63) is 54.9 Å². The Balaban J connectivity index is 1.80. The third kappa shape index (κ3) is 3.16. The predicted octanol–water partition coefficient (Wildman–Crippen LogP) is 3.34. The molecule has 0 spiro atoms. The van der Waals surface area contributed by atoms with Gasteiger partial charge in [-0.25, -0.2) is 4.98 Å². The van der Waals surface area contributed by atoms with Crippen LogP contribution in [-0.4, -0.2) is 21.5 Å². The lowest BCUT2D eigenvalue weighted by atomic mass is 9.87. The number of fused-ring (bicyclic) bond motifs is 1. The number of nitrogens with one attached hydrogen (secondary N) is 1. The number of imidazole rings is 1. The van der Waals surface area contributed by atoms with E-state index in [1.165, 1.54) is 0 Å². The fourth-order valence-electron chi connectivity index (χ4n) is 2.48. The molecule has 0 saturated carbocycles. The number of para-hydroxylation sites is 2. The van der Waals surface area contributed by atoms with Crippen molar-refractivity contribution < 1.29 is 4.79 Å². The summed E-state index contributed by atoms with van der Waals surface area (Å²) in [5.74, 6) is -0.177. The normalized spacial score (nSPS) is 13.0. The zero-order chi connectivity index (χ0) is 17.3. The largest absolute Gasteiger partial charge is 0.325 e. The molecule has 0 unspecified atom stereocenters.